The minimum absolute atomic E-state index is 0.103. The molecule has 1 saturated carbocycles. The van der Waals surface area contributed by atoms with Crippen molar-refractivity contribution >= 4 is 5.91 Å². The Morgan fingerprint density at radius 2 is 2.06 bits per heavy atom. The van der Waals surface area contributed by atoms with Crippen LogP contribution in [0.25, 0.3) is 0 Å². The van der Waals surface area contributed by atoms with E-state index in [4.69, 9.17) is 0 Å². The van der Waals surface area contributed by atoms with E-state index in [0.29, 0.717) is 5.91 Å². The van der Waals surface area contributed by atoms with Crippen molar-refractivity contribution in [3.8, 4) is 0 Å². The predicted molar refractivity (Wildman–Crippen MR) is 69.9 cm³/mol. The molecule has 1 N–H and O–H groups in total. The maximum Gasteiger partial charge on any atom is 0.239 e. The summed E-state index contributed by atoms with van der Waals surface area (Å²) >= 11 is 0. The Labute approximate surface area is 105 Å². The summed E-state index contributed by atoms with van der Waals surface area (Å²) in [6, 6.07) is 0.103. The van der Waals surface area contributed by atoms with Crippen LogP contribution in [0.5, 0.6) is 0 Å². The summed E-state index contributed by atoms with van der Waals surface area (Å²) in [5, 5.41) is 3.26. The van der Waals surface area contributed by atoms with Crippen molar-refractivity contribution < 1.29 is 4.79 Å². The maximum atomic E-state index is 12.0. The molecule has 0 spiro atoms. The van der Waals surface area contributed by atoms with E-state index in [2.05, 4.69) is 17.1 Å². The lowest BCUT2D eigenvalue weighted by molar-refractivity contribution is -0.129. The van der Waals surface area contributed by atoms with Crippen LogP contribution in [0.2, 0.25) is 0 Å². The van der Waals surface area contributed by atoms with Crippen LogP contribution in [0.4, 0.5) is 0 Å². The Balaban J connectivity index is 1.64. The molecule has 1 heterocycles. The van der Waals surface area contributed by atoms with Gasteiger partial charge in [-0.2, -0.15) is 0 Å². The molecule has 0 aromatic carbocycles. The number of amides is 1. The number of likely N-dealkylation sites (N-methyl/N-ethyl adjacent to an activating group) is 1. The smallest absolute Gasteiger partial charge is 0.239 e. The van der Waals surface area contributed by atoms with Gasteiger partial charge in [-0.3, -0.25) is 4.79 Å². The number of rotatable bonds is 6. The fraction of sp³-hybridized carbons (Fsp3) is 0.929. The lowest BCUT2D eigenvalue weighted by atomic mass is 10.0. The quantitative estimate of drug-likeness (QED) is 0.769. The van der Waals surface area contributed by atoms with Crippen molar-refractivity contribution in [1.82, 2.24) is 10.2 Å². The lowest BCUT2D eigenvalue weighted by Gasteiger charge is -2.18. The van der Waals surface area contributed by atoms with Gasteiger partial charge in [-0.1, -0.05) is 32.6 Å². The molecule has 98 valence electrons. The highest BCUT2D eigenvalue weighted by molar-refractivity contribution is 5.83. The number of hydrogen-bond acceptors (Lipinski definition) is 2. The summed E-state index contributed by atoms with van der Waals surface area (Å²) in [5.74, 6) is 1.29. The second-order valence-corrected chi connectivity index (χ2v) is 5.52. The van der Waals surface area contributed by atoms with E-state index >= 15 is 0 Å². The molecule has 0 aromatic rings. The summed E-state index contributed by atoms with van der Waals surface area (Å²) in [6.07, 6.45) is 9.23. The summed E-state index contributed by atoms with van der Waals surface area (Å²) in [6.45, 7) is 4.90. The molecule has 2 aliphatic rings. The molecule has 3 heteroatoms. The number of carbonyl (C=O) groups is 1. The SMILES string of the molecule is CCNC1CCN(CCCC2CCCC2)C1=O. The molecule has 1 aliphatic heterocycles. The predicted octanol–water partition coefficient (Wildman–Crippen LogP) is 2.17. The molecule has 0 radical (unpaired) electrons. The summed E-state index contributed by atoms with van der Waals surface area (Å²) in [7, 11) is 0. The van der Waals surface area contributed by atoms with Gasteiger partial charge in [0.15, 0.2) is 0 Å². The fourth-order valence-corrected chi connectivity index (χ4v) is 3.27. The van der Waals surface area contributed by atoms with Gasteiger partial charge in [0.25, 0.3) is 0 Å². The second-order valence-electron chi connectivity index (χ2n) is 5.52. The van der Waals surface area contributed by atoms with E-state index in [1.54, 1.807) is 0 Å². The number of nitrogens with one attached hydrogen (secondary N) is 1. The van der Waals surface area contributed by atoms with Gasteiger partial charge in [0.1, 0.15) is 0 Å². The van der Waals surface area contributed by atoms with Crippen molar-refractivity contribution in [2.45, 2.75) is 57.9 Å². The first-order chi connectivity index (χ1) is 8.31. The van der Waals surface area contributed by atoms with Gasteiger partial charge in [0, 0.05) is 13.1 Å². The van der Waals surface area contributed by atoms with E-state index in [0.717, 1.165) is 32.0 Å². The molecule has 1 amide bonds. The van der Waals surface area contributed by atoms with Crippen LogP contribution in [0.3, 0.4) is 0 Å². The number of carbonyl (C=O) groups excluding carboxylic acids is 1. The first-order valence-electron chi connectivity index (χ1n) is 7.33. The minimum Gasteiger partial charge on any atom is -0.341 e. The lowest BCUT2D eigenvalue weighted by Crippen LogP contribution is -2.38. The molecular weight excluding hydrogens is 212 g/mol. The van der Waals surface area contributed by atoms with Crippen molar-refractivity contribution in [1.29, 1.82) is 0 Å². The van der Waals surface area contributed by atoms with Crippen LogP contribution in [0, 0.1) is 5.92 Å². The standard InChI is InChI=1S/C14H26N2O/c1-2-15-13-9-11-16(14(13)17)10-5-8-12-6-3-4-7-12/h12-13,15H,2-11H2,1H3. The zero-order valence-corrected chi connectivity index (χ0v) is 11.1. The van der Waals surface area contributed by atoms with Gasteiger partial charge >= 0.3 is 0 Å². The summed E-state index contributed by atoms with van der Waals surface area (Å²) in [4.78, 5) is 14.0. The van der Waals surface area contributed by atoms with Crippen molar-refractivity contribution in [3.05, 3.63) is 0 Å². The molecule has 17 heavy (non-hydrogen) atoms. The van der Waals surface area contributed by atoms with E-state index < -0.39 is 0 Å². The summed E-state index contributed by atoms with van der Waals surface area (Å²) < 4.78 is 0. The highest BCUT2D eigenvalue weighted by Gasteiger charge is 2.30. The molecule has 1 saturated heterocycles. The topological polar surface area (TPSA) is 32.3 Å². The molecule has 1 atom stereocenters. The van der Waals surface area contributed by atoms with E-state index in [-0.39, 0.29) is 6.04 Å². The van der Waals surface area contributed by atoms with Crippen molar-refractivity contribution in [2.24, 2.45) is 5.92 Å². The number of likely N-dealkylation sites (tertiary alicyclic amines) is 1. The second kappa shape index (κ2) is 6.39. The minimum atomic E-state index is 0.103. The zero-order chi connectivity index (χ0) is 12.1. The first-order valence-corrected chi connectivity index (χ1v) is 7.33. The normalized spacial score (nSPS) is 26.1. The largest absolute Gasteiger partial charge is 0.341 e. The van der Waals surface area contributed by atoms with Gasteiger partial charge in [-0.25, -0.2) is 0 Å². The third kappa shape index (κ3) is 3.44. The van der Waals surface area contributed by atoms with Crippen LogP contribution in [-0.2, 0) is 4.79 Å². The molecule has 3 nitrogen and oxygen atoms in total. The average Bonchev–Trinajstić information content (AvgIpc) is 2.94. The van der Waals surface area contributed by atoms with Gasteiger partial charge < -0.3 is 10.2 Å². The summed E-state index contributed by atoms with van der Waals surface area (Å²) in [5.41, 5.74) is 0. The highest BCUT2D eigenvalue weighted by atomic mass is 16.2. The molecule has 2 fully saturated rings. The monoisotopic (exact) mass is 238 g/mol. The molecular formula is C14H26N2O. The Bertz CT molecular complexity index is 249. The molecule has 0 bridgehead atoms. The number of nitrogens with zero attached hydrogens (tertiary/aromatic N) is 1. The van der Waals surface area contributed by atoms with E-state index in [9.17, 15) is 4.79 Å². The van der Waals surface area contributed by atoms with E-state index in [1.807, 2.05) is 0 Å². The average molecular weight is 238 g/mol. The van der Waals surface area contributed by atoms with Crippen LogP contribution < -0.4 is 5.32 Å². The third-order valence-corrected chi connectivity index (χ3v) is 4.26. The van der Waals surface area contributed by atoms with Crippen molar-refractivity contribution in [3.63, 3.8) is 0 Å². The van der Waals surface area contributed by atoms with Gasteiger partial charge in [0.2, 0.25) is 5.91 Å². The Kier molecular flexibility index (Phi) is 4.84. The molecule has 1 unspecified atom stereocenters. The molecule has 1 aliphatic carbocycles. The van der Waals surface area contributed by atoms with Crippen LogP contribution >= 0.6 is 0 Å². The fourth-order valence-electron chi connectivity index (χ4n) is 3.27. The Hall–Kier alpha value is -0.570. The van der Waals surface area contributed by atoms with Gasteiger partial charge in [-0.15, -0.1) is 0 Å². The van der Waals surface area contributed by atoms with E-state index in [1.165, 1.54) is 38.5 Å². The first kappa shape index (κ1) is 12.9. The Morgan fingerprint density at radius 3 is 2.76 bits per heavy atom. The number of hydrogen-bond donors (Lipinski definition) is 1. The zero-order valence-electron chi connectivity index (χ0n) is 11.1. The van der Waals surface area contributed by atoms with Crippen LogP contribution in [0.15, 0.2) is 0 Å². The van der Waals surface area contributed by atoms with Crippen LogP contribution in [0.1, 0.15) is 51.9 Å². The van der Waals surface area contributed by atoms with Gasteiger partial charge in [-0.05, 0) is 31.7 Å². The highest BCUT2D eigenvalue weighted by Crippen LogP contribution is 2.28. The van der Waals surface area contributed by atoms with Gasteiger partial charge in [0.05, 0.1) is 6.04 Å². The Morgan fingerprint density at radius 1 is 1.29 bits per heavy atom. The van der Waals surface area contributed by atoms with Crippen molar-refractivity contribution in [2.75, 3.05) is 19.6 Å². The third-order valence-electron chi connectivity index (χ3n) is 4.26. The molecule has 2 rings (SSSR count). The molecule has 0 aromatic heterocycles. The maximum absolute atomic E-state index is 12.0. The van der Waals surface area contributed by atoms with Crippen LogP contribution in [-0.4, -0.2) is 36.5 Å².